The van der Waals surface area contributed by atoms with E-state index in [1.165, 1.54) is 57.2 Å². The first kappa shape index (κ1) is 21.1. The molecule has 2 saturated carbocycles. The number of nitrogens with zero attached hydrogens (tertiary/aromatic N) is 2. The average Bonchev–Trinajstić information content (AvgIpc) is 2.90. The number of hydrogen-bond acceptors (Lipinski definition) is 4. The number of fused-ring (bicyclic) bond motifs is 1. The maximum atomic E-state index is 12.3. The van der Waals surface area contributed by atoms with E-state index in [0.717, 1.165) is 42.5 Å². The smallest absolute Gasteiger partial charge is 0.409 e. The van der Waals surface area contributed by atoms with Gasteiger partial charge in [-0.25, -0.2) is 9.79 Å². The van der Waals surface area contributed by atoms with E-state index in [-0.39, 0.29) is 0 Å². The summed E-state index contributed by atoms with van der Waals surface area (Å²) in [6.45, 7) is 3.69. The Morgan fingerprint density at radius 1 is 1.13 bits per heavy atom. The molecule has 168 valence electrons. The number of rotatable bonds is 7. The van der Waals surface area contributed by atoms with Gasteiger partial charge in [0.15, 0.2) is 5.75 Å². The lowest BCUT2D eigenvalue weighted by atomic mass is 9.68. The van der Waals surface area contributed by atoms with Crippen molar-refractivity contribution >= 4 is 29.2 Å². The van der Waals surface area contributed by atoms with Crippen LogP contribution in [-0.4, -0.2) is 29.4 Å². The maximum Gasteiger partial charge on any atom is 0.412 e. The van der Waals surface area contributed by atoms with Gasteiger partial charge in [-0.3, -0.25) is 0 Å². The quantitative estimate of drug-likeness (QED) is 0.492. The van der Waals surface area contributed by atoms with Crippen LogP contribution in [0.4, 0.5) is 10.5 Å². The lowest BCUT2D eigenvalue weighted by Gasteiger charge is -2.39. The zero-order valence-corrected chi connectivity index (χ0v) is 19.3. The van der Waals surface area contributed by atoms with Gasteiger partial charge in [-0.1, -0.05) is 44.2 Å². The summed E-state index contributed by atoms with van der Waals surface area (Å²) in [4.78, 5) is 19.9. The van der Waals surface area contributed by atoms with E-state index in [2.05, 4.69) is 17.1 Å². The van der Waals surface area contributed by atoms with Crippen molar-refractivity contribution < 1.29 is 9.53 Å². The molecule has 1 N–H and O–H groups in total. The van der Waals surface area contributed by atoms with Gasteiger partial charge in [0, 0.05) is 30.6 Å². The van der Waals surface area contributed by atoms with Crippen molar-refractivity contribution in [1.82, 2.24) is 10.2 Å². The standard InChI is InChI=1S/C25H34ClN3O2/c1-2-3-4-5-6-7-27-25(30)31-23-13-19-15-29-20-11-16-8-17(12-20)10-18(9-16)24(29)28-22(19)14-21(23)26/h13-14,16-18,20H,2-12,15H2,1H3,(H,27,30)/t16-,17-,18?,20?/m0/s1. The first-order chi connectivity index (χ1) is 15.1. The van der Waals surface area contributed by atoms with E-state index in [1.807, 2.05) is 12.1 Å². The zero-order valence-electron chi connectivity index (χ0n) is 18.5. The van der Waals surface area contributed by atoms with Gasteiger partial charge in [0.25, 0.3) is 0 Å². The van der Waals surface area contributed by atoms with Crippen LogP contribution in [0.3, 0.4) is 0 Å². The Kier molecular flexibility index (Phi) is 6.14. The fraction of sp³-hybridized carbons (Fsp3) is 0.680. The van der Waals surface area contributed by atoms with Gasteiger partial charge in [-0.05, 0) is 62.5 Å². The van der Waals surface area contributed by atoms with Crippen molar-refractivity contribution in [2.75, 3.05) is 6.54 Å². The van der Waals surface area contributed by atoms with Gasteiger partial charge in [-0.2, -0.15) is 0 Å². The van der Waals surface area contributed by atoms with Crippen molar-refractivity contribution in [2.24, 2.45) is 22.7 Å². The minimum absolute atomic E-state index is 0.428. The number of halogens is 1. The lowest BCUT2D eigenvalue weighted by Crippen LogP contribution is -2.41. The Bertz CT molecular complexity index is 857. The number of aliphatic imine (C=N–C) groups is 1. The molecule has 3 heterocycles. The molecular weight excluding hydrogens is 410 g/mol. The maximum absolute atomic E-state index is 12.3. The number of carbonyl (C=O) groups excluding carboxylic acids is 1. The van der Waals surface area contributed by atoms with Gasteiger partial charge >= 0.3 is 6.09 Å². The van der Waals surface area contributed by atoms with Gasteiger partial charge in [0.05, 0.1) is 10.7 Å². The van der Waals surface area contributed by atoms with Crippen molar-refractivity contribution in [3.05, 3.63) is 22.7 Å². The molecule has 1 aromatic rings. The number of benzene rings is 1. The normalized spacial score (nSPS) is 27.9. The third-order valence-corrected chi connectivity index (χ3v) is 7.97. The highest BCUT2D eigenvalue weighted by Crippen LogP contribution is 2.50. The Morgan fingerprint density at radius 3 is 2.68 bits per heavy atom. The summed E-state index contributed by atoms with van der Waals surface area (Å²) in [7, 11) is 0. The summed E-state index contributed by atoms with van der Waals surface area (Å²) in [5.41, 5.74) is 2.05. The highest BCUT2D eigenvalue weighted by Gasteiger charge is 2.46. The van der Waals surface area contributed by atoms with Crippen molar-refractivity contribution in [2.45, 2.75) is 83.7 Å². The summed E-state index contributed by atoms with van der Waals surface area (Å²) in [5.74, 6) is 4.05. The fourth-order valence-electron chi connectivity index (χ4n) is 6.32. The van der Waals surface area contributed by atoms with Crippen LogP contribution in [0, 0.1) is 17.8 Å². The van der Waals surface area contributed by atoms with Crippen molar-refractivity contribution in [3.63, 3.8) is 0 Å². The second-order valence-corrected chi connectivity index (χ2v) is 10.4. The van der Waals surface area contributed by atoms with E-state index in [4.69, 9.17) is 21.3 Å². The van der Waals surface area contributed by atoms with E-state index in [1.54, 1.807) is 0 Å². The molecule has 2 saturated heterocycles. The Morgan fingerprint density at radius 2 is 1.90 bits per heavy atom. The molecule has 0 spiro atoms. The molecule has 0 radical (unpaired) electrons. The third-order valence-electron chi connectivity index (χ3n) is 7.67. The zero-order chi connectivity index (χ0) is 21.4. The Labute approximate surface area is 190 Å². The monoisotopic (exact) mass is 443 g/mol. The van der Waals surface area contributed by atoms with Gasteiger partial charge in [-0.15, -0.1) is 0 Å². The second kappa shape index (κ2) is 9.01. The summed E-state index contributed by atoms with van der Waals surface area (Å²) in [5, 5.41) is 3.30. The van der Waals surface area contributed by atoms with E-state index in [9.17, 15) is 4.79 Å². The molecule has 4 bridgehead atoms. The highest BCUT2D eigenvalue weighted by atomic mass is 35.5. The number of amidine groups is 1. The molecule has 0 aromatic heterocycles. The van der Waals surface area contributed by atoms with Crippen LogP contribution in [0.25, 0.3) is 0 Å². The number of carbonyl (C=O) groups is 1. The van der Waals surface area contributed by atoms with Crippen LogP contribution in [0.5, 0.6) is 5.75 Å². The topological polar surface area (TPSA) is 53.9 Å². The molecule has 2 atom stereocenters. The highest BCUT2D eigenvalue weighted by molar-refractivity contribution is 6.32. The van der Waals surface area contributed by atoms with Gasteiger partial charge in [0.2, 0.25) is 0 Å². The number of hydrogen-bond donors (Lipinski definition) is 1. The molecule has 6 rings (SSSR count). The molecule has 0 unspecified atom stereocenters. The van der Waals surface area contributed by atoms with Gasteiger partial charge < -0.3 is 15.0 Å². The molecule has 1 amide bonds. The van der Waals surface area contributed by atoms with Crippen LogP contribution >= 0.6 is 11.6 Å². The predicted octanol–water partition coefficient (Wildman–Crippen LogP) is 6.45. The molecule has 6 heteroatoms. The van der Waals surface area contributed by atoms with E-state index in [0.29, 0.717) is 29.3 Å². The molecule has 5 nitrogen and oxygen atoms in total. The average molecular weight is 444 g/mol. The molecular formula is C25H34ClN3O2. The number of amides is 1. The minimum Gasteiger partial charge on any atom is -0.409 e. The number of unbranched alkanes of at least 4 members (excludes halogenated alkanes) is 4. The third kappa shape index (κ3) is 4.44. The fourth-order valence-corrected chi connectivity index (χ4v) is 6.52. The number of nitrogens with one attached hydrogen (secondary N) is 1. The molecule has 4 fully saturated rings. The van der Waals surface area contributed by atoms with E-state index >= 15 is 0 Å². The van der Waals surface area contributed by atoms with Crippen molar-refractivity contribution in [3.8, 4) is 5.75 Å². The SMILES string of the molecule is CCCCCCCNC(=O)Oc1cc2c(cc1Cl)N=C1C3C[C@H]4CC(C[C@H](C3)C4)N1C2. The lowest BCUT2D eigenvalue weighted by molar-refractivity contribution is 0.128. The second-order valence-electron chi connectivity index (χ2n) is 10.0. The van der Waals surface area contributed by atoms with Crippen LogP contribution < -0.4 is 10.1 Å². The van der Waals surface area contributed by atoms with Crippen LogP contribution in [0.15, 0.2) is 17.1 Å². The summed E-state index contributed by atoms with van der Waals surface area (Å²) in [6.07, 6.45) is 12.0. The first-order valence-corrected chi connectivity index (χ1v) is 12.6. The minimum atomic E-state index is -0.428. The molecule has 2 aliphatic carbocycles. The van der Waals surface area contributed by atoms with Crippen molar-refractivity contribution in [1.29, 1.82) is 0 Å². The number of ether oxygens (including phenoxy) is 1. The van der Waals surface area contributed by atoms with Crippen LogP contribution in [-0.2, 0) is 6.54 Å². The largest absolute Gasteiger partial charge is 0.412 e. The van der Waals surface area contributed by atoms with Crippen LogP contribution in [0.1, 0.15) is 76.7 Å². The van der Waals surface area contributed by atoms with Crippen LogP contribution in [0.2, 0.25) is 5.02 Å². The molecule has 1 aromatic carbocycles. The van der Waals surface area contributed by atoms with Gasteiger partial charge in [0.1, 0.15) is 5.84 Å². The molecule has 5 aliphatic rings. The summed E-state index contributed by atoms with van der Waals surface area (Å²) >= 11 is 6.48. The Balaban J connectivity index is 1.26. The summed E-state index contributed by atoms with van der Waals surface area (Å²) < 4.78 is 5.56. The molecule has 31 heavy (non-hydrogen) atoms. The van der Waals surface area contributed by atoms with E-state index < -0.39 is 6.09 Å². The molecule has 3 aliphatic heterocycles. The summed E-state index contributed by atoms with van der Waals surface area (Å²) in [6, 6.07) is 4.41. The predicted molar refractivity (Wildman–Crippen MR) is 124 cm³/mol. The first-order valence-electron chi connectivity index (χ1n) is 12.2. The Hall–Kier alpha value is -1.75.